The number of carbonyl (C=O) groups is 1. The third-order valence-corrected chi connectivity index (χ3v) is 3.70. The molecule has 3 N–H and O–H groups in total. The second-order valence-electron chi connectivity index (χ2n) is 3.16. The summed E-state index contributed by atoms with van der Waals surface area (Å²) >= 11 is 0. The van der Waals surface area contributed by atoms with E-state index < -0.39 is 27.8 Å². The highest BCUT2D eigenvalue weighted by atomic mass is 32.2. The van der Waals surface area contributed by atoms with E-state index >= 15 is 0 Å². The number of rotatable bonds is 5. The van der Waals surface area contributed by atoms with Crippen molar-refractivity contribution in [1.82, 2.24) is 0 Å². The molecule has 0 heterocycles. The van der Waals surface area contributed by atoms with E-state index in [4.69, 9.17) is 10.8 Å². The summed E-state index contributed by atoms with van der Waals surface area (Å²) < 4.78 is 24.5. The molecule has 88 valence electrons. The number of hydrogen-bond acceptors (Lipinski definition) is 3. The van der Waals surface area contributed by atoms with Gasteiger partial charge in [0, 0.05) is 4.90 Å². The van der Waals surface area contributed by atoms with Crippen molar-refractivity contribution in [3.05, 3.63) is 30.1 Å². The number of aliphatic carboxylic acids is 1. The molecule has 1 aromatic carbocycles. The zero-order valence-electron chi connectivity index (χ0n) is 8.43. The number of carboxylic acid groups (broad SMARTS) is 1. The minimum Gasteiger partial charge on any atom is -0.480 e. The van der Waals surface area contributed by atoms with Gasteiger partial charge in [0.1, 0.15) is 11.1 Å². The van der Waals surface area contributed by atoms with Gasteiger partial charge < -0.3 is 10.8 Å². The lowest BCUT2D eigenvalue weighted by Crippen LogP contribution is -2.28. The van der Waals surface area contributed by atoms with Gasteiger partial charge in [0.25, 0.3) is 0 Å². The lowest BCUT2D eigenvalue weighted by atomic mass is 10.3. The summed E-state index contributed by atoms with van der Waals surface area (Å²) in [6.45, 7) is 0.143. The lowest BCUT2D eigenvalue weighted by molar-refractivity contribution is -0.136. The van der Waals surface area contributed by atoms with Gasteiger partial charge >= 0.3 is 5.97 Å². The van der Waals surface area contributed by atoms with Crippen molar-refractivity contribution in [3.8, 4) is 0 Å². The van der Waals surface area contributed by atoms with E-state index in [1.165, 1.54) is 12.1 Å². The molecular weight excluding hydrogens is 233 g/mol. The summed E-state index contributed by atoms with van der Waals surface area (Å²) in [5.74, 6) is -1.61. The molecule has 0 bridgehead atoms. The molecule has 16 heavy (non-hydrogen) atoms. The van der Waals surface area contributed by atoms with Gasteiger partial charge in [0.2, 0.25) is 0 Å². The maximum atomic E-state index is 12.6. The van der Waals surface area contributed by atoms with Crippen LogP contribution in [0.2, 0.25) is 0 Å². The molecule has 0 aliphatic rings. The van der Waals surface area contributed by atoms with Gasteiger partial charge in [-0.15, -0.1) is 0 Å². The second kappa shape index (κ2) is 5.72. The van der Waals surface area contributed by atoms with Gasteiger partial charge in [0.15, 0.2) is 0 Å². The highest BCUT2D eigenvalue weighted by Crippen LogP contribution is 2.14. The largest absolute Gasteiger partial charge is 0.480 e. The fourth-order valence-electron chi connectivity index (χ4n) is 1.21. The van der Waals surface area contributed by atoms with Crippen molar-refractivity contribution < 1.29 is 18.5 Å². The van der Waals surface area contributed by atoms with Gasteiger partial charge in [-0.1, -0.05) is 0 Å². The van der Waals surface area contributed by atoms with E-state index in [1.807, 2.05) is 0 Å². The molecule has 0 radical (unpaired) electrons. The van der Waals surface area contributed by atoms with Crippen LogP contribution in [0.25, 0.3) is 0 Å². The third-order valence-electron chi connectivity index (χ3n) is 2.01. The number of nitrogens with two attached hydrogens (primary N) is 1. The Bertz CT molecular complexity index is 394. The van der Waals surface area contributed by atoms with Crippen molar-refractivity contribution in [1.29, 1.82) is 0 Å². The molecule has 0 amide bonds. The fourth-order valence-corrected chi connectivity index (χ4v) is 2.47. The Balaban J connectivity index is 2.90. The third kappa shape index (κ3) is 3.11. The van der Waals surface area contributed by atoms with Crippen LogP contribution in [-0.4, -0.2) is 27.1 Å². The Morgan fingerprint density at radius 1 is 1.44 bits per heavy atom. The van der Waals surface area contributed by atoms with Gasteiger partial charge in [0.05, 0.1) is 10.8 Å². The minimum absolute atomic E-state index is 0.124. The number of hydrogen-bond donors (Lipinski definition) is 2. The molecule has 2 unspecified atom stereocenters. The van der Waals surface area contributed by atoms with Crippen molar-refractivity contribution in [3.63, 3.8) is 0 Å². The number of carboxylic acids is 1. The predicted octanol–water partition coefficient (Wildman–Crippen LogP) is 0.735. The lowest BCUT2D eigenvalue weighted by Gasteiger charge is -2.10. The predicted molar refractivity (Wildman–Crippen MR) is 57.9 cm³/mol. The maximum Gasteiger partial charge on any atom is 0.319 e. The van der Waals surface area contributed by atoms with E-state index in [0.717, 1.165) is 12.1 Å². The highest BCUT2D eigenvalue weighted by molar-refractivity contribution is 7.86. The summed E-state index contributed by atoms with van der Waals surface area (Å²) in [6, 6.07) is 4.93. The number of benzene rings is 1. The molecule has 0 spiro atoms. The normalized spacial score (nSPS) is 14.4. The van der Waals surface area contributed by atoms with Crippen molar-refractivity contribution in [2.75, 3.05) is 6.54 Å². The van der Waals surface area contributed by atoms with Crippen LogP contribution in [0, 0.1) is 5.82 Å². The van der Waals surface area contributed by atoms with Crippen LogP contribution in [0.4, 0.5) is 4.39 Å². The second-order valence-corrected chi connectivity index (χ2v) is 4.79. The first-order valence-corrected chi connectivity index (χ1v) is 5.86. The summed E-state index contributed by atoms with van der Waals surface area (Å²) in [4.78, 5) is 11.1. The molecule has 6 heteroatoms. The Hall–Kier alpha value is -1.27. The van der Waals surface area contributed by atoms with Gasteiger partial charge in [-0.25, -0.2) is 4.39 Å². The average Bonchev–Trinajstić information content (AvgIpc) is 2.25. The molecule has 0 aromatic heterocycles. The van der Waals surface area contributed by atoms with Crippen LogP contribution in [0.1, 0.15) is 6.42 Å². The van der Waals surface area contributed by atoms with Crippen molar-refractivity contribution >= 4 is 16.8 Å². The standard InChI is InChI=1S/C10H12FNO3S/c11-7-1-3-8(4-2-7)16(15)9(5-6-12)10(13)14/h1-4,9H,5-6,12H2,(H,13,14). The van der Waals surface area contributed by atoms with E-state index in [0.29, 0.717) is 4.90 Å². The molecule has 0 saturated heterocycles. The van der Waals surface area contributed by atoms with Crippen molar-refractivity contribution in [2.24, 2.45) is 5.73 Å². The maximum absolute atomic E-state index is 12.6. The summed E-state index contributed by atoms with van der Waals surface area (Å²) in [7, 11) is -1.71. The highest BCUT2D eigenvalue weighted by Gasteiger charge is 2.24. The molecule has 0 fully saturated rings. The summed E-state index contributed by atoms with van der Waals surface area (Å²) in [5, 5.41) is 7.82. The van der Waals surface area contributed by atoms with Crippen LogP contribution in [-0.2, 0) is 15.6 Å². The molecule has 4 nitrogen and oxygen atoms in total. The quantitative estimate of drug-likeness (QED) is 0.801. The van der Waals surface area contributed by atoms with Gasteiger partial charge in [-0.2, -0.15) is 0 Å². The fraction of sp³-hybridized carbons (Fsp3) is 0.300. The molecule has 1 aromatic rings. The van der Waals surface area contributed by atoms with Crippen molar-refractivity contribution in [2.45, 2.75) is 16.6 Å². The molecule has 2 atom stereocenters. The topological polar surface area (TPSA) is 80.4 Å². The summed E-state index contributed by atoms with van der Waals surface area (Å²) in [5.41, 5.74) is 5.25. The van der Waals surface area contributed by atoms with Gasteiger partial charge in [-0.3, -0.25) is 9.00 Å². The monoisotopic (exact) mass is 245 g/mol. The van der Waals surface area contributed by atoms with E-state index in [2.05, 4.69) is 0 Å². The minimum atomic E-state index is -1.71. The smallest absolute Gasteiger partial charge is 0.319 e. The zero-order chi connectivity index (χ0) is 12.1. The average molecular weight is 245 g/mol. The van der Waals surface area contributed by atoms with Gasteiger partial charge in [-0.05, 0) is 37.2 Å². The Labute approximate surface area is 94.7 Å². The Kier molecular flexibility index (Phi) is 4.57. The van der Waals surface area contributed by atoms with Crippen LogP contribution in [0.5, 0.6) is 0 Å². The Morgan fingerprint density at radius 3 is 2.44 bits per heavy atom. The first kappa shape index (κ1) is 12.8. The van der Waals surface area contributed by atoms with Crippen LogP contribution in [0.3, 0.4) is 0 Å². The van der Waals surface area contributed by atoms with E-state index in [9.17, 15) is 13.4 Å². The molecule has 0 aliphatic carbocycles. The first-order chi connectivity index (χ1) is 7.56. The van der Waals surface area contributed by atoms with Crippen LogP contribution < -0.4 is 5.73 Å². The van der Waals surface area contributed by atoms with E-state index in [-0.39, 0.29) is 13.0 Å². The number of halogens is 1. The SMILES string of the molecule is NCCC(C(=O)O)S(=O)c1ccc(F)cc1. The van der Waals surface area contributed by atoms with Crippen LogP contribution in [0.15, 0.2) is 29.2 Å². The Morgan fingerprint density at radius 2 is 2.00 bits per heavy atom. The molecule has 0 aliphatic heterocycles. The first-order valence-electron chi connectivity index (χ1n) is 4.65. The molecule has 0 saturated carbocycles. The zero-order valence-corrected chi connectivity index (χ0v) is 9.24. The van der Waals surface area contributed by atoms with E-state index in [1.54, 1.807) is 0 Å². The molecular formula is C10H12FNO3S. The molecule has 1 rings (SSSR count). The summed E-state index contributed by atoms with van der Waals surface area (Å²) in [6.07, 6.45) is 0.124. The van der Waals surface area contributed by atoms with Crippen LogP contribution >= 0.6 is 0 Å².